The van der Waals surface area contributed by atoms with Crippen LogP contribution in [0.15, 0.2) is 30.3 Å². The number of benzene rings is 1. The molecule has 1 unspecified atom stereocenters. The van der Waals surface area contributed by atoms with Crippen molar-refractivity contribution >= 4 is 5.91 Å². The topological polar surface area (TPSA) is 55.1 Å². The Morgan fingerprint density at radius 3 is 2.32 bits per heavy atom. The average molecular weight is 262 g/mol. The highest BCUT2D eigenvalue weighted by Crippen LogP contribution is 2.23. The van der Waals surface area contributed by atoms with Crippen molar-refractivity contribution in [2.45, 2.75) is 40.2 Å². The predicted octanol–water partition coefficient (Wildman–Crippen LogP) is 2.87. The van der Waals surface area contributed by atoms with Gasteiger partial charge in [-0.05, 0) is 31.7 Å². The van der Waals surface area contributed by atoms with Crippen LogP contribution >= 0.6 is 0 Å². The van der Waals surface area contributed by atoms with E-state index in [0.717, 1.165) is 12.0 Å². The molecule has 1 aromatic carbocycles. The Labute approximate surface area is 116 Å². The summed E-state index contributed by atoms with van der Waals surface area (Å²) in [4.78, 5) is 12.3. The molecule has 0 aromatic heterocycles. The number of nitrogens with one attached hydrogen (secondary N) is 1. The van der Waals surface area contributed by atoms with Gasteiger partial charge in [-0.1, -0.05) is 44.2 Å². The summed E-state index contributed by atoms with van der Waals surface area (Å²) >= 11 is 0. The molecule has 0 radical (unpaired) electrons. The number of carbonyl (C=O) groups excluding carboxylic acids is 1. The quantitative estimate of drug-likeness (QED) is 0.828. The fourth-order valence-corrected chi connectivity index (χ4v) is 1.88. The zero-order valence-corrected chi connectivity index (χ0v) is 12.4. The van der Waals surface area contributed by atoms with Gasteiger partial charge in [-0.3, -0.25) is 4.79 Å². The summed E-state index contributed by atoms with van der Waals surface area (Å²) in [6, 6.07) is 10.2. The van der Waals surface area contributed by atoms with Crippen LogP contribution in [-0.4, -0.2) is 12.5 Å². The summed E-state index contributed by atoms with van der Waals surface area (Å²) in [5.41, 5.74) is 6.29. The maximum Gasteiger partial charge on any atom is 0.227 e. The molecule has 3 nitrogen and oxygen atoms in total. The van der Waals surface area contributed by atoms with Gasteiger partial charge in [0.1, 0.15) is 0 Å². The Hall–Kier alpha value is -1.35. The fraction of sp³-hybridized carbons (Fsp3) is 0.562. The third-order valence-corrected chi connectivity index (χ3v) is 3.34. The van der Waals surface area contributed by atoms with Crippen LogP contribution in [0, 0.1) is 11.3 Å². The van der Waals surface area contributed by atoms with E-state index in [2.05, 4.69) is 31.3 Å². The summed E-state index contributed by atoms with van der Waals surface area (Å²) in [5, 5.41) is 3.14. The lowest BCUT2D eigenvalue weighted by molar-refractivity contribution is -0.129. The molecule has 106 valence electrons. The molecule has 0 bridgehead atoms. The van der Waals surface area contributed by atoms with Gasteiger partial charge < -0.3 is 11.1 Å². The molecule has 0 saturated carbocycles. The van der Waals surface area contributed by atoms with Crippen molar-refractivity contribution in [3.63, 3.8) is 0 Å². The molecule has 0 aliphatic carbocycles. The molecule has 0 aliphatic rings. The molecule has 1 amide bonds. The van der Waals surface area contributed by atoms with Gasteiger partial charge in [0.25, 0.3) is 0 Å². The summed E-state index contributed by atoms with van der Waals surface area (Å²) in [6.45, 7) is 8.42. The lowest BCUT2D eigenvalue weighted by Gasteiger charge is -2.27. The van der Waals surface area contributed by atoms with Gasteiger partial charge in [0.05, 0.1) is 11.5 Å². The Bertz CT molecular complexity index is 398. The van der Waals surface area contributed by atoms with E-state index in [0.29, 0.717) is 12.5 Å². The van der Waals surface area contributed by atoms with Gasteiger partial charge in [0, 0.05) is 6.54 Å². The first-order chi connectivity index (χ1) is 8.86. The zero-order valence-electron chi connectivity index (χ0n) is 12.4. The molecule has 19 heavy (non-hydrogen) atoms. The third kappa shape index (κ3) is 4.67. The Morgan fingerprint density at radius 2 is 1.84 bits per heavy atom. The van der Waals surface area contributed by atoms with Crippen molar-refractivity contribution < 1.29 is 4.79 Å². The van der Waals surface area contributed by atoms with Crippen LogP contribution in [-0.2, 0) is 4.79 Å². The van der Waals surface area contributed by atoms with E-state index in [1.165, 1.54) is 0 Å². The molecular formula is C16H26N2O. The minimum absolute atomic E-state index is 0.0181. The first kappa shape index (κ1) is 15.7. The Kier molecular flexibility index (Phi) is 5.55. The maximum absolute atomic E-state index is 12.3. The van der Waals surface area contributed by atoms with E-state index < -0.39 is 5.41 Å². The highest BCUT2D eigenvalue weighted by molar-refractivity contribution is 5.82. The lowest BCUT2D eigenvalue weighted by Crippen LogP contribution is -2.43. The molecule has 0 saturated heterocycles. The summed E-state index contributed by atoms with van der Waals surface area (Å²) in [6.07, 6.45) is 0.927. The van der Waals surface area contributed by atoms with Crippen LogP contribution in [0.3, 0.4) is 0 Å². The van der Waals surface area contributed by atoms with Crippen LogP contribution in [0.4, 0.5) is 0 Å². The normalized spacial score (nSPS) is 13.4. The molecule has 0 aliphatic heterocycles. The molecule has 0 spiro atoms. The molecule has 1 rings (SSSR count). The Balaban J connectivity index is 2.85. The van der Waals surface area contributed by atoms with Gasteiger partial charge in [-0.15, -0.1) is 0 Å². The number of nitrogens with two attached hydrogens (primary N) is 1. The number of carbonyl (C=O) groups is 1. The standard InChI is InChI=1S/C16H26N2O/c1-12(2)10-14(13-8-6-5-7-9-13)18-15(19)16(3,4)11-17/h5-9,12,14H,10-11,17H2,1-4H3,(H,18,19). The van der Waals surface area contributed by atoms with E-state index in [1.807, 2.05) is 32.0 Å². The first-order valence-corrected chi connectivity index (χ1v) is 6.93. The third-order valence-electron chi connectivity index (χ3n) is 3.34. The first-order valence-electron chi connectivity index (χ1n) is 6.93. The average Bonchev–Trinajstić information content (AvgIpc) is 2.38. The summed E-state index contributed by atoms with van der Waals surface area (Å²) < 4.78 is 0. The van der Waals surface area contributed by atoms with Crippen molar-refractivity contribution in [1.29, 1.82) is 0 Å². The van der Waals surface area contributed by atoms with Gasteiger partial charge in [0.2, 0.25) is 5.91 Å². The number of hydrogen-bond donors (Lipinski definition) is 2. The van der Waals surface area contributed by atoms with Gasteiger partial charge in [-0.25, -0.2) is 0 Å². The lowest BCUT2D eigenvalue weighted by atomic mass is 9.90. The summed E-state index contributed by atoms with van der Waals surface area (Å²) in [5.74, 6) is 0.538. The number of rotatable bonds is 6. The Morgan fingerprint density at radius 1 is 1.26 bits per heavy atom. The van der Waals surface area contributed by atoms with Gasteiger partial charge in [0.15, 0.2) is 0 Å². The van der Waals surface area contributed by atoms with Crippen molar-refractivity contribution in [3.8, 4) is 0 Å². The smallest absolute Gasteiger partial charge is 0.227 e. The van der Waals surface area contributed by atoms with Crippen molar-refractivity contribution in [2.24, 2.45) is 17.1 Å². The van der Waals surface area contributed by atoms with Gasteiger partial charge >= 0.3 is 0 Å². The summed E-state index contributed by atoms with van der Waals surface area (Å²) in [7, 11) is 0. The molecule has 3 N–H and O–H groups in total. The predicted molar refractivity (Wildman–Crippen MR) is 79.6 cm³/mol. The van der Waals surface area contributed by atoms with Crippen LogP contribution in [0.1, 0.15) is 45.7 Å². The highest BCUT2D eigenvalue weighted by Gasteiger charge is 2.28. The molecule has 1 atom stereocenters. The molecular weight excluding hydrogens is 236 g/mol. The van der Waals surface area contributed by atoms with Crippen LogP contribution in [0.2, 0.25) is 0 Å². The van der Waals surface area contributed by atoms with E-state index in [9.17, 15) is 4.79 Å². The molecule has 0 fully saturated rings. The van der Waals surface area contributed by atoms with Crippen LogP contribution in [0.5, 0.6) is 0 Å². The van der Waals surface area contributed by atoms with Gasteiger partial charge in [-0.2, -0.15) is 0 Å². The van der Waals surface area contributed by atoms with Crippen molar-refractivity contribution in [1.82, 2.24) is 5.32 Å². The molecule has 1 aromatic rings. The zero-order chi connectivity index (χ0) is 14.5. The minimum Gasteiger partial charge on any atom is -0.349 e. The van der Waals surface area contributed by atoms with Crippen molar-refractivity contribution in [2.75, 3.05) is 6.54 Å². The number of hydrogen-bond acceptors (Lipinski definition) is 2. The number of amides is 1. The van der Waals surface area contributed by atoms with Crippen LogP contribution in [0.25, 0.3) is 0 Å². The SMILES string of the molecule is CC(C)CC(NC(=O)C(C)(C)CN)c1ccccc1. The van der Waals surface area contributed by atoms with E-state index in [-0.39, 0.29) is 11.9 Å². The van der Waals surface area contributed by atoms with Crippen molar-refractivity contribution in [3.05, 3.63) is 35.9 Å². The maximum atomic E-state index is 12.3. The largest absolute Gasteiger partial charge is 0.349 e. The monoisotopic (exact) mass is 262 g/mol. The fourth-order valence-electron chi connectivity index (χ4n) is 1.88. The second kappa shape index (κ2) is 6.71. The molecule has 0 heterocycles. The second-order valence-corrected chi connectivity index (χ2v) is 6.15. The van der Waals surface area contributed by atoms with Crippen LogP contribution < -0.4 is 11.1 Å². The second-order valence-electron chi connectivity index (χ2n) is 6.15. The minimum atomic E-state index is -0.524. The molecule has 3 heteroatoms. The van der Waals surface area contributed by atoms with E-state index in [4.69, 9.17) is 5.73 Å². The highest BCUT2D eigenvalue weighted by atomic mass is 16.2. The van der Waals surface area contributed by atoms with E-state index in [1.54, 1.807) is 0 Å². The van der Waals surface area contributed by atoms with E-state index >= 15 is 0 Å².